The Labute approximate surface area is 274 Å². The summed E-state index contributed by atoms with van der Waals surface area (Å²) in [4.78, 5) is 25.7. The molecular weight excluding hydrogens is 624 g/mol. The smallest absolute Gasteiger partial charge is 0.264 e. The van der Waals surface area contributed by atoms with E-state index in [0.717, 1.165) is 29.1 Å². The molecule has 1 amide bonds. The zero-order chi connectivity index (χ0) is 34.0. The van der Waals surface area contributed by atoms with Gasteiger partial charge in [0.2, 0.25) is 11.9 Å². The lowest BCUT2D eigenvalue weighted by molar-refractivity contribution is -0.111. The zero-order valence-electron chi connectivity index (χ0n) is 26.9. The van der Waals surface area contributed by atoms with Crippen LogP contribution in [0, 0.1) is 0 Å². The van der Waals surface area contributed by atoms with Gasteiger partial charge < -0.3 is 29.9 Å². The Morgan fingerprint density at radius 1 is 1.15 bits per heavy atom. The van der Waals surface area contributed by atoms with Crippen molar-refractivity contribution >= 4 is 39.0 Å². The standard InChI is InChI=1S/C30H34N8O3.C2H6O3S/c1-5-28(39)32-23-17-24(26(40-4)18-25(23)37-13-15-41-16-14-37)33-30-31-12-11-27(34-30)38-20-22(19-36(2)3)29(35-38)21-9-7-6-8-10-21;1-2-6(3,4)5/h5-12,17-18,20H,1,13-16,19H2,2-4H3,(H,32,39)(H,31,33,34);2H2,1H3,(H,3,4,5). The topological polar surface area (TPSA) is 164 Å². The van der Waals surface area contributed by atoms with Gasteiger partial charge in [-0.3, -0.25) is 9.35 Å². The first kappa shape index (κ1) is 35.0. The summed E-state index contributed by atoms with van der Waals surface area (Å²) in [5, 5.41) is 11.1. The van der Waals surface area contributed by atoms with E-state index in [-0.39, 0.29) is 11.7 Å². The fourth-order valence-electron chi connectivity index (χ4n) is 4.67. The van der Waals surface area contributed by atoms with E-state index >= 15 is 0 Å². The number of aromatic nitrogens is 4. The molecule has 0 bridgehead atoms. The number of morpholine rings is 1. The van der Waals surface area contributed by atoms with Crippen LogP contribution < -0.4 is 20.3 Å². The van der Waals surface area contributed by atoms with Gasteiger partial charge in [0.25, 0.3) is 10.1 Å². The van der Waals surface area contributed by atoms with Gasteiger partial charge in [0, 0.05) is 55.3 Å². The van der Waals surface area contributed by atoms with Crippen LogP contribution in [0.15, 0.2) is 73.6 Å². The second kappa shape index (κ2) is 16.1. The highest BCUT2D eigenvalue weighted by Gasteiger charge is 2.20. The van der Waals surface area contributed by atoms with Gasteiger partial charge in [-0.1, -0.05) is 36.9 Å². The summed E-state index contributed by atoms with van der Waals surface area (Å²) in [7, 11) is 2.00. The molecule has 4 aromatic rings. The number of rotatable bonds is 11. The molecule has 3 N–H and O–H groups in total. The van der Waals surface area contributed by atoms with Gasteiger partial charge >= 0.3 is 0 Å². The molecule has 1 aliphatic rings. The normalized spacial score (nSPS) is 13.0. The van der Waals surface area contributed by atoms with Crippen LogP contribution in [0.25, 0.3) is 17.1 Å². The number of amides is 1. The Morgan fingerprint density at radius 3 is 2.47 bits per heavy atom. The highest BCUT2D eigenvalue weighted by atomic mass is 32.2. The monoisotopic (exact) mass is 664 g/mol. The molecule has 2 aromatic heterocycles. The van der Waals surface area contributed by atoms with E-state index in [0.29, 0.717) is 55.2 Å². The van der Waals surface area contributed by atoms with E-state index in [9.17, 15) is 13.2 Å². The fourth-order valence-corrected chi connectivity index (χ4v) is 4.67. The molecule has 14 nitrogen and oxygen atoms in total. The second-order valence-corrected chi connectivity index (χ2v) is 12.4. The van der Waals surface area contributed by atoms with Crippen molar-refractivity contribution in [1.29, 1.82) is 0 Å². The summed E-state index contributed by atoms with van der Waals surface area (Å²) in [6, 6.07) is 15.6. The van der Waals surface area contributed by atoms with Gasteiger partial charge in [-0.05, 0) is 33.2 Å². The van der Waals surface area contributed by atoms with Crippen molar-refractivity contribution in [3.63, 3.8) is 0 Å². The minimum absolute atomic E-state index is 0.201. The lowest BCUT2D eigenvalue weighted by Gasteiger charge is -2.31. The molecule has 15 heteroatoms. The molecule has 47 heavy (non-hydrogen) atoms. The molecule has 0 unspecified atom stereocenters. The number of carbonyl (C=O) groups excluding carboxylic acids is 1. The van der Waals surface area contributed by atoms with Gasteiger partial charge in [-0.2, -0.15) is 18.5 Å². The van der Waals surface area contributed by atoms with Crippen molar-refractivity contribution in [1.82, 2.24) is 24.6 Å². The maximum Gasteiger partial charge on any atom is 0.264 e. The molecule has 3 heterocycles. The number of hydrogen-bond acceptors (Lipinski definition) is 11. The summed E-state index contributed by atoms with van der Waals surface area (Å²) < 4.78 is 39.9. The van der Waals surface area contributed by atoms with Crippen LogP contribution >= 0.6 is 0 Å². The van der Waals surface area contributed by atoms with E-state index < -0.39 is 10.1 Å². The maximum atomic E-state index is 12.3. The molecule has 2 aromatic carbocycles. The number of methoxy groups -OCH3 is 1. The molecular formula is C32H40N8O6S. The van der Waals surface area contributed by atoms with E-state index in [1.807, 2.05) is 62.8 Å². The van der Waals surface area contributed by atoms with Crippen LogP contribution in [-0.4, -0.2) is 96.8 Å². The Hall–Kier alpha value is -4.83. The highest BCUT2D eigenvalue weighted by molar-refractivity contribution is 7.85. The second-order valence-electron chi connectivity index (χ2n) is 10.6. The largest absolute Gasteiger partial charge is 0.494 e. The first-order valence-corrected chi connectivity index (χ1v) is 16.4. The number of hydrogen-bond donors (Lipinski definition) is 3. The Bertz CT molecular complexity index is 1770. The highest BCUT2D eigenvalue weighted by Crippen LogP contribution is 2.38. The number of benzene rings is 2. The lowest BCUT2D eigenvalue weighted by atomic mass is 10.1. The predicted molar refractivity (Wildman–Crippen MR) is 182 cm³/mol. The average molecular weight is 665 g/mol. The molecule has 250 valence electrons. The molecule has 1 saturated heterocycles. The van der Waals surface area contributed by atoms with Crippen LogP contribution in [0.3, 0.4) is 0 Å². The quantitative estimate of drug-likeness (QED) is 0.156. The number of ether oxygens (including phenoxy) is 2. The first-order chi connectivity index (χ1) is 22.5. The number of nitrogens with one attached hydrogen (secondary N) is 2. The van der Waals surface area contributed by atoms with E-state index in [4.69, 9.17) is 24.1 Å². The van der Waals surface area contributed by atoms with Crippen LogP contribution in [0.4, 0.5) is 23.0 Å². The van der Waals surface area contributed by atoms with Crippen molar-refractivity contribution in [3.05, 3.63) is 79.1 Å². The van der Waals surface area contributed by atoms with Crippen LogP contribution in [0.2, 0.25) is 0 Å². The molecule has 0 saturated carbocycles. The molecule has 0 radical (unpaired) electrons. The average Bonchev–Trinajstić information content (AvgIpc) is 3.49. The zero-order valence-corrected chi connectivity index (χ0v) is 27.7. The number of carbonyl (C=O) groups is 1. The molecule has 5 rings (SSSR count). The van der Waals surface area contributed by atoms with Gasteiger partial charge in [-0.15, -0.1) is 0 Å². The van der Waals surface area contributed by atoms with Gasteiger partial charge in [0.1, 0.15) is 5.75 Å². The molecule has 0 atom stereocenters. The van der Waals surface area contributed by atoms with E-state index in [2.05, 4.69) is 32.0 Å². The maximum absolute atomic E-state index is 12.3. The van der Waals surface area contributed by atoms with Crippen LogP contribution in [-0.2, 0) is 26.2 Å². The van der Waals surface area contributed by atoms with Crippen molar-refractivity contribution < 1.29 is 27.2 Å². The van der Waals surface area contributed by atoms with Gasteiger partial charge in [-0.25, -0.2) is 9.67 Å². The number of anilines is 4. The lowest BCUT2D eigenvalue weighted by Crippen LogP contribution is -2.36. The van der Waals surface area contributed by atoms with Crippen molar-refractivity contribution in [2.75, 3.05) is 68.8 Å². The fraction of sp³-hybridized carbons (Fsp3) is 0.312. The Kier molecular flexibility index (Phi) is 12.0. The summed E-state index contributed by atoms with van der Waals surface area (Å²) in [6.45, 7) is 8.29. The van der Waals surface area contributed by atoms with Crippen molar-refractivity contribution in [2.45, 2.75) is 13.5 Å². The third kappa shape index (κ3) is 9.83. The predicted octanol–water partition coefficient (Wildman–Crippen LogP) is 4.00. The van der Waals surface area contributed by atoms with Gasteiger partial charge in [0.05, 0.1) is 48.8 Å². The van der Waals surface area contributed by atoms with E-state index in [1.165, 1.54) is 13.0 Å². The van der Waals surface area contributed by atoms with Gasteiger partial charge in [0.15, 0.2) is 5.82 Å². The molecule has 1 fully saturated rings. The summed E-state index contributed by atoms with van der Waals surface area (Å²) >= 11 is 0. The van der Waals surface area contributed by atoms with E-state index in [1.54, 1.807) is 24.1 Å². The minimum Gasteiger partial charge on any atom is -0.494 e. The minimum atomic E-state index is -3.66. The SMILES string of the molecule is C=CC(=O)Nc1cc(Nc2nccc(-n3cc(CN(C)C)c(-c4ccccc4)n3)n2)c(OC)cc1N1CCOCC1.CCS(=O)(=O)O. The Balaban J connectivity index is 0.000000762. The molecule has 0 spiro atoms. The third-order valence-electron chi connectivity index (χ3n) is 6.92. The van der Waals surface area contributed by atoms with Crippen molar-refractivity contribution in [3.8, 4) is 22.8 Å². The third-order valence-corrected chi connectivity index (χ3v) is 7.65. The summed E-state index contributed by atoms with van der Waals surface area (Å²) in [5.74, 6) is 1.03. The summed E-state index contributed by atoms with van der Waals surface area (Å²) in [6.07, 6.45) is 4.91. The first-order valence-electron chi connectivity index (χ1n) is 14.8. The van der Waals surface area contributed by atoms with Crippen LogP contribution in [0.5, 0.6) is 5.75 Å². The summed E-state index contributed by atoms with van der Waals surface area (Å²) in [5.41, 5.74) is 5.06. The number of nitrogens with zero attached hydrogens (tertiary/aromatic N) is 6. The molecule has 1 aliphatic heterocycles. The molecule has 0 aliphatic carbocycles. The van der Waals surface area contributed by atoms with Crippen molar-refractivity contribution in [2.24, 2.45) is 0 Å². The van der Waals surface area contributed by atoms with Crippen LogP contribution in [0.1, 0.15) is 12.5 Å². The Morgan fingerprint density at radius 2 is 1.85 bits per heavy atom.